The van der Waals surface area contributed by atoms with Crippen molar-refractivity contribution >= 4 is 41.6 Å². The Morgan fingerprint density at radius 2 is 1.25 bits per heavy atom. The molecule has 3 aromatic rings. The summed E-state index contributed by atoms with van der Waals surface area (Å²) >= 11 is 12.4. The third-order valence-electron chi connectivity index (χ3n) is 4.60. The van der Waals surface area contributed by atoms with Gasteiger partial charge in [-0.25, -0.2) is 4.99 Å². The van der Waals surface area contributed by atoms with Crippen LogP contribution in [0.4, 0.5) is 0 Å². The third-order valence-corrected chi connectivity index (χ3v) is 5.07. The molecule has 0 aliphatic carbocycles. The van der Waals surface area contributed by atoms with Gasteiger partial charge < -0.3 is 10.6 Å². The summed E-state index contributed by atoms with van der Waals surface area (Å²) in [7, 11) is 0. The molecular formula is C22H20Cl3N3. The molecule has 0 saturated carbocycles. The Bertz CT molecular complexity index is 905. The fourth-order valence-electron chi connectivity index (χ4n) is 3.30. The summed E-state index contributed by atoms with van der Waals surface area (Å²) in [5.41, 5.74) is 3.37. The van der Waals surface area contributed by atoms with Gasteiger partial charge >= 0.3 is 0 Å². The Labute approximate surface area is 181 Å². The van der Waals surface area contributed by atoms with Crippen LogP contribution in [0.15, 0.2) is 83.9 Å². The van der Waals surface area contributed by atoms with Gasteiger partial charge in [0.25, 0.3) is 0 Å². The highest BCUT2D eigenvalue weighted by molar-refractivity contribution is 6.30. The number of nitrogens with zero attached hydrogens (tertiary/aromatic N) is 1. The molecule has 1 saturated heterocycles. The Hall–Kier alpha value is -2.20. The lowest BCUT2D eigenvalue weighted by Crippen LogP contribution is -2.25. The van der Waals surface area contributed by atoms with E-state index in [2.05, 4.69) is 34.9 Å². The van der Waals surface area contributed by atoms with Crippen LogP contribution in [0.3, 0.4) is 0 Å². The predicted molar refractivity (Wildman–Crippen MR) is 119 cm³/mol. The van der Waals surface area contributed by atoms with E-state index >= 15 is 0 Å². The molecule has 1 aliphatic heterocycles. The number of rotatable bonds is 4. The van der Waals surface area contributed by atoms with Crippen molar-refractivity contribution in [2.45, 2.75) is 18.6 Å². The van der Waals surface area contributed by atoms with Gasteiger partial charge in [0.15, 0.2) is 5.96 Å². The van der Waals surface area contributed by atoms with E-state index in [0.29, 0.717) is 16.6 Å². The van der Waals surface area contributed by atoms with Crippen molar-refractivity contribution in [2.24, 2.45) is 4.99 Å². The van der Waals surface area contributed by atoms with Crippen molar-refractivity contribution in [1.29, 1.82) is 0 Å². The summed E-state index contributed by atoms with van der Waals surface area (Å²) in [5, 5.41) is 8.45. The lowest BCUT2D eigenvalue weighted by Gasteiger charge is -2.20. The molecule has 3 nitrogen and oxygen atoms in total. The van der Waals surface area contributed by atoms with Crippen LogP contribution in [0.1, 0.15) is 28.8 Å². The maximum Gasteiger partial charge on any atom is 0.192 e. The normalized spacial score (nSPS) is 19.6. The van der Waals surface area contributed by atoms with Gasteiger partial charge in [0, 0.05) is 10.0 Å². The zero-order chi connectivity index (χ0) is 18.6. The van der Waals surface area contributed by atoms with E-state index in [-0.39, 0.29) is 24.5 Å². The molecule has 6 heteroatoms. The van der Waals surface area contributed by atoms with Crippen molar-refractivity contribution in [3.05, 3.63) is 106 Å². The summed E-state index contributed by atoms with van der Waals surface area (Å²) in [6.45, 7) is 0.612. The Balaban J connectivity index is 0.00000225. The minimum absolute atomic E-state index is 0. The fraction of sp³-hybridized carbons (Fsp3) is 0.136. The molecule has 1 aliphatic rings. The molecule has 0 radical (unpaired) electrons. The maximum atomic E-state index is 6.22. The van der Waals surface area contributed by atoms with E-state index in [1.165, 1.54) is 5.56 Å². The largest absolute Gasteiger partial charge is 0.347 e. The molecule has 4 rings (SSSR count). The zero-order valence-corrected chi connectivity index (χ0v) is 17.3. The van der Waals surface area contributed by atoms with Gasteiger partial charge in [0.2, 0.25) is 0 Å². The number of benzene rings is 3. The molecule has 1 heterocycles. The van der Waals surface area contributed by atoms with Gasteiger partial charge in [0.1, 0.15) is 0 Å². The third kappa shape index (κ3) is 4.79. The molecule has 1 fully saturated rings. The zero-order valence-electron chi connectivity index (χ0n) is 15.0. The highest BCUT2D eigenvalue weighted by Crippen LogP contribution is 2.34. The minimum atomic E-state index is 0. The SMILES string of the molecule is Cl.Clc1cccc([C@H]2NC(=NCc3ccccc3)N[C@H]2c2cccc(Cl)c2)c1. The van der Waals surface area contributed by atoms with Gasteiger partial charge in [-0.05, 0) is 41.0 Å². The van der Waals surface area contributed by atoms with Crippen LogP contribution in [0.2, 0.25) is 10.0 Å². The van der Waals surface area contributed by atoms with Crippen molar-refractivity contribution in [2.75, 3.05) is 0 Å². The predicted octanol–water partition coefficient (Wildman–Crippen LogP) is 5.95. The molecule has 2 atom stereocenters. The molecular weight excluding hydrogens is 413 g/mol. The van der Waals surface area contributed by atoms with E-state index in [1.54, 1.807) is 0 Å². The molecule has 0 spiro atoms. The van der Waals surface area contributed by atoms with E-state index in [0.717, 1.165) is 17.1 Å². The molecule has 0 amide bonds. The van der Waals surface area contributed by atoms with Gasteiger partial charge in [0.05, 0.1) is 18.6 Å². The second-order valence-electron chi connectivity index (χ2n) is 6.50. The second-order valence-corrected chi connectivity index (χ2v) is 7.38. The van der Waals surface area contributed by atoms with Crippen molar-refractivity contribution < 1.29 is 0 Å². The number of hydrogen-bond donors (Lipinski definition) is 2. The number of hydrogen-bond acceptors (Lipinski definition) is 1. The van der Waals surface area contributed by atoms with Crippen LogP contribution in [0.25, 0.3) is 0 Å². The molecule has 2 N–H and O–H groups in total. The Morgan fingerprint density at radius 1 is 0.714 bits per heavy atom. The first-order valence-electron chi connectivity index (χ1n) is 8.81. The van der Waals surface area contributed by atoms with Crippen molar-refractivity contribution in [3.63, 3.8) is 0 Å². The highest BCUT2D eigenvalue weighted by atomic mass is 35.5. The maximum absolute atomic E-state index is 6.22. The Kier molecular flexibility index (Phi) is 6.84. The van der Waals surface area contributed by atoms with Crippen LogP contribution in [0.5, 0.6) is 0 Å². The lowest BCUT2D eigenvalue weighted by atomic mass is 9.95. The van der Waals surface area contributed by atoms with Gasteiger partial charge in [-0.1, -0.05) is 77.8 Å². The topological polar surface area (TPSA) is 36.4 Å². The highest BCUT2D eigenvalue weighted by Gasteiger charge is 2.33. The molecule has 3 aromatic carbocycles. The van der Waals surface area contributed by atoms with E-state index < -0.39 is 0 Å². The van der Waals surface area contributed by atoms with Gasteiger partial charge in [-0.3, -0.25) is 0 Å². The summed E-state index contributed by atoms with van der Waals surface area (Å²) in [6.07, 6.45) is 0. The quantitative estimate of drug-likeness (QED) is 0.534. The van der Waals surface area contributed by atoms with Crippen molar-refractivity contribution in [3.8, 4) is 0 Å². The Morgan fingerprint density at radius 3 is 1.75 bits per heavy atom. The second kappa shape index (κ2) is 9.33. The smallest absolute Gasteiger partial charge is 0.192 e. The molecule has 144 valence electrons. The van der Waals surface area contributed by atoms with Crippen LogP contribution in [0, 0.1) is 0 Å². The minimum Gasteiger partial charge on any atom is -0.347 e. The first-order chi connectivity index (χ1) is 13.2. The molecule has 0 aromatic heterocycles. The van der Waals surface area contributed by atoms with Crippen LogP contribution in [-0.4, -0.2) is 5.96 Å². The summed E-state index contributed by atoms with van der Waals surface area (Å²) in [4.78, 5) is 4.72. The summed E-state index contributed by atoms with van der Waals surface area (Å²) in [5.74, 6) is 0.772. The molecule has 28 heavy (non-hydrogen) atoms. The number of aliphatic imine (C=N–C) groups is 1. The standard InChI is InChI=1S/C22H19Cl2N3.ClH/c23-18-10-4-8-16(12-18)20-21(17-9-5-11-19(24)13-17)27-22(26-20)25-14-15-6-2-1-3-7-15;/h1-13,20-21H,14H2,(H2,25,26,27);1H/t20-,21+;. The van der Waals surface area contributed by atoms with E-state index in [1.807, 2.05) is 54.6 Å². The van der Waals surface area contributed by atoms with Gasteiger partial charge in [-0.15, -0.1) is 12.4 Å². The van der Waals surface area contributed by atoms with E-state index in [4.69, 9.17) is 28.2 Å². The molecule has 0 bridgehead atoms. The number of nitrogens with one attached hydrogen (secondary N) is 2. The van der Waals surface area contributed by atoms with Crippen LogP contribution >= 0.6 is 35.6 Å². The molecule has 0 unspecified atom stereocenters. The van der Waals surface area contributed by atoms with Crippen LogP contribution < -0.4 is 10.6 Å². The summed E-state index contributed by atoms with van der Waals surface area (Å²) in [6, 6.07) is 26.0. The first-order valence-corrected chi connectivity index (χ1v) is 9.57. The monoisotopic (exact) mass is 431 g/mol. The average Bonchev–Trinajstić information content (AvgIpc) is 3.12. The lowest BCUT2D eigenvalue weighted by molar-refractivity contribution is 0.554. The fourth-order valence-corrected chi connectivity index (χ4v) is 3.70. The average molecular weight is 433 g/mol. The van der Waals surface area contributed by atoms with Crippen LogP contribution in [-0.2, 0) is 6.54 Å². The van der Waals surface area contributed by atoms with Gasteiger partial charge in [-0.2, -0.15) is 0 Å². The number of guanidine groups is 1. The van der Waals surface area contributed by atoms with Crippen molar-refractivity contribution in [1.82, 2.24) is 10.6 Å². The summed E-state index contributed by atoms with van der Waals surface area (Å²) < 4.78 is 0. The van der Waals surface area contributed by atoms with E-state index in [9.17, 15) is 0 Å². The number of halogens is 3. The first kappa shape index (κ1) is 20.5.